The first-order valence-corrected chi connectivity index (χ1v) is 9.15. The molecule has 0 spiro atoms. The predicted molar refractivity (Wildman–Crippen MR) is 82.4 cm³/mol. The highest BCUT2D eigenvalue weighted by Gasteiger charge is 2.34. The largest absolute Gasteiger partial charge is 0.391 e. The maximum absolute atomic E-state index is 12.2. The van der Waals surface area contributed by atoms with Gasteiger partial charge in [-0.2, -0.15) is 0 Å². The number of rotatable bonds is 7. The minimum absolute atomic E-state index is 0.0227. The van der Waals surface area contributed by atoms with Crippen molar-refractivity contribution >= 4 is 27.5 Å². The Labute approximate surface area is 124 Å². The standard InChI is InChI=1S/C13H25NO3S2/c1-9(2)17-7-11-5-12(15)6-14(11)13(16)8-18-19-10(3)4/h9-12,15H,5-8H2,1-4H3. The van der Waals surface area contributed by atoms with Gasteiger partial charge >= 0.3 is 0 Å². The molecule has 2 atom stereocenters. The highest BCUT2D eigenvalue weighted by atomic mass is 33.1. The van der Waals surface area contributed by atoms with E-state index in [2.05, 4.69) is 13.8 Å². The molecule has 0 bridgehead atoms. The third-order valence-electron chi connectivity index (χ3n) is 2.78. The number of hydrogen-bond donors (Lipinski definition) is 1. The van der Waals surface area contributed by atoms with Crippen LogP contribution in [0, 0.1) is 0 Å². The first-order chi connectivity index (χ1) is 8.90. The number of aliphatic hydroxyl groups is 1. The topological polar surface area (TPSA) is 49.8 Å². The van der Waals surface area contributed by atoms with Crippen LogP contribution in [-0.2, 0) is 9.53 Å². The van der Waals surface area contributed by atoms with Crippen LogP contribution in [0.25, 0.3) is 0 Å². The Morgan fingerprint density at radius 3 is 2.68 bits per heavy atom. The van der Waals surface area contributed by atoms with Gasteiger partial charge < -0.3 is 14.7 Å². The number of amides is 1. The van der Waals surface area contributed by atoms with Gasteiger partial charge in [-0.1, -0.05) is 35.4 Å². The van der Waals surface area contributed by atoms with E-state index in [1.807, 2.05) is 13.8 Å². The molecule has 1 amide bonds. The second-order valence-electron chi connectivity index (χ2n) is 5.38. The minimum atomic E-state index is -0.410. The second kappa shape index (κ2) is 8.39. The van der Waals surface area contributed by atoms with Crippen molar-refractivity contribution in [2.45, 2.75) is 57.6 Å². The van der Waals surface area contributed by atoms with Gasteiger partial charge in [0.15, 0.2) is 0 Å². The van der Waals surface area contributed by atoms with Crippen LogP contribution in [0.4, 0.5) is 0 Å². The Morgan fingerprint density at radius 1 is 1.42 bits per heavy atom. The van der Waals surface area contributed by atoms with Gasteiger partial charge in [-0.05, 0) is 20.3 Å². The van der Waals surface area contributed by atoms with E-state index in [1.165, 1.54) is 0 Å². The van der Waals surface area contributed by atoms with Gasteiger partial charge in [-0.3, -0.25) is 4.79 Å². The molecule has 19 heavy (non-hydrogen) atoms. The molecule has 1 fully saturated rings. The van der Waals surface area contributed by atoms with Crippen molar-refractivity contribution in [2.75, 3.05) is 18.9 Å². The van der Waals surface area contributed by atoms with Crippen LogP contribution < -0.4 is 0 Å². The third-order valence-corrected chi connectivity index (χ3v) is 5.58. The van der Waals surface area contributed by atoms with Crippen LogP contribution in [0.3, 0.4) is 0 Å². The molecular formula is C13H25NO3S2. The van der Waals surface area contributed by atoms with Crippen LogP contribution >= 0.6 is 21.6 Å². The molecule has 0 aromatic rings. The lowest BCUT2D eigenvalue weighted by molar-refractivity contribution is -0.130. The lowest BCUT2D eigenvalue weighted by Gasteiger charge is -2.25. The molecule has 112 valence electrons. The molecule has 2 unspecified atom stereocenters. The van der Waals surface area contributed by atoms with Gasteiger partial charge in [0.2, 0.25) is 5.91 Å². The van der Waals surface area contributed by atoms with Crippen molar-refractivity contribution in [2.24, 2.45) is 0 Å². The Bertz CT molecular complexity index is 287. The summed E-state index contributed by atoms with van der Waals surface area (Å²) >= 11 is 0. The quantitative estimate of drug-likeness (QED) is 0.731. The summed E-state index contributed by atoms with van der Waals surface area (Å²) in [6.45, 7) is 9.14. The third kappa shape index (κ3) is 6.38. The monoisotopic (exact) mass is 307 g/mol. The number of nitrogens with zero attached hydrogens (tertiary/aromatic N) is 1. The highest BCUT2D eigenvalue weighted by Crippen LogP contribution is 2.28. The molecule has 1 aliphatic heterocycles. The second-order valence-corrected chi connectivity index (χ2v) is 8.32. The zero-order valence-electron chi connectivity index (χ0n) is 12.2. The molecule has 0 saturated carbocycles. The molecule has 0 aromatic heterocycles. The van der Waals surface area contributed by atoms with Crippen LogP contribution in [0.15, 0.2) is 0 Å². The van der Waals surface area contributed by atoms with Crippen molar-refractivity contribution in [3.05, 3.63) is 0 Å². The molecule has 1 rings (SSSR count). The number of β-amino-alcohol motifs (C(OH)–C–C–N with tert-alkyl or cyclic N) is 1. The van der Waals surface area contributed by atoms with E-state index in [1.54, 1.807) is 26.5 Å². The molecule has 1 N–H and O–H groups in total. The molecule has 0 radical (unpaired) electrons. The fourth-order valence-corrected chi connectivity index (χ4v) is 3.89. The summed E-state index contributed by atoms with van der Waals surface area (Å²) in [5.41, 5.74) is 0. The van der Waals surface area contributed by atoms with E-state index < -0.39 is 6.10 Å². The van der Waals surface area contributed by atoms with E-state index in [0.717, 1.165) is 0 Å². The normalized spacial score (nSPS) is 23.6. The van der Waals surface area contributed by atoms with Gasteiger partial charge in [0, 0.05) is 11.8 Å². The summed E-state index contributed by atoms with van der Waals surface area (Å²) in [6.07, 6.45) is 0.369. The van der Waals surface area contributed by atoms with E-state index in [0.29, 0.717) is 30.6 Å². The first-order valence-electron chi connectivity index (χ1n) is 6.77. The zero-order valence-corrected chi connectivity index (χ0v) is 13.8. The Hall–Kier alpha value is 0.0900. The number of ether oxygens (including phenoxy) is 1. The average Bonchev–Trinajstić information content (AvgIpc) is 2.67. The molecule has 1 saturated heterocycles. The molecule has 1 aliphatic rings. The fourth-order valence-electron chi connectivity index (χ4n) is 1.96. The molecule has 6 heteroatoms. The Morgan fingerprint density at radius 2 is 2.11 bits per heavy atom. The SMILES string of the molecule is CC(C)OCC1CC(O)CN1C(=O)CSSC(C)C. The van der Waals surface area contributed by atoms with Gasteiger partial charge in [-0.15, -0.1) is 0 Å². The smallest absolute Gasteiger partial charge is 0.233 e. The summed E-state index contributed by atoms with van der Waals surface area (Å²) in [7, 11) is 3.30. The Kier molecular flexibility index (Phi) is 7.57. The minimum Gasteiger partial charge on any atom is -0.391 e. The van der Waals surface area contributed by atoms with Crippen molar-refractivity contribution in [3.63, 3.8) is 0 Å². The number of likely N-dealkylation sites (tertiary alicyclic amines) is 1. The maximum Gasteiger partial charge on any atom is 0.233 e. The fraction of sp³-hybridized carbons (Fsp3) is 0.923. The predicted octanol–water partition coefficient (Wildman–Crippen LogP) is 2.16. The molecular weight excluding hydrogens is 282 g/mol. The first kappa shape index (κ1) is 17.1. The van der Waals surface area contributed by atoms with Gasteiger partial charge in [0.05, 0.1) is 30.6 Å². The molecule has 0 aliphatic carbocycles. The van der Waals surface area contributed by atoms with Gasteiger partial charge in [0.25, 0.3) is 0 Å². The van der Waals surface area contributed by atoms with Crippen LogP contribution in [-0.4, -0.2) is 58.3 Å². The van der Waals surface area contributed by atoms with E-state index in [9.17, 15) is 9.90 Å². The summed E-state index contributed by atoms with van der Waals surface area (Å²) in [4.78, 5) is 13.9. The van der Waals surface area contributed by atoms with Crippen molar-refractivity contribution in [3.8, 4) is 0 Å². The lowest BCUT2D eigenvalue weighted by atomic mass is 10.2. The van der Waals surface area contributed by atoms with Crippen LogP contribution in [0.2, 0.25) is 0 Å². The number of hydrogen-bond acceptors (Lipinski definition) is 5. The number of carbonyl (C=O) groups excluding carboxylic acids is 1. The molecule has 0 aromatic carbocycles. The van der Waals surface area contributed by atoms with Crippen molar-refractivity contribution in [1.29, 1.82) is 0 Å². The van der Waals surface area contributed by atoms with Crippen molar-refractivity contribution < 1.29 is 14.6 Å². The molecule has 4 nitrogen and oxygen atoms in total. The summed E-state index contributed by atoms with van der Waals surface area (Å²) in [6, 6.07) is 0.0227. The number of aliphatic hydroxyl groups excluding tert-OH is 1. The zero-order chi connectivity index (χ0) is 14.4. The lowest BCUT2D eigenvalue weighted by Crippen LogP contribution is -2.40. The van der Waals surface area contributed by atoms with Crippen LogP contribution in [0.1, 0.15) is 34.1 Å². The van der Waals surface area contributed by atoms with E-state index >= 15 is 0 Å². The highest BCUT2D eigenvalue weighted by molar-refractivity contribution is 8.77. The molecule has 1 heterocycles. The number of carbonyl (C=O) groups is 1. The Balaban J connectivity index is 2.41. The average molecular weight is 307 g/mol. The van der Waals surface area contributed by atoms with Gasteiger partial charge in [0.1, 0.15) is 0 Å². The summed E-state index contributed by atoms with van der Waals surface area (Å²) in [5, 5.41) is 10.3. The van der Waals surface area contributed by atoms with Crippen LogP contribution in [0.5, 0.6) is 0 Å². The van der Waals surface area contributed by atoms with E-state index in [4.69, 9.17) is 4.74 Å². The summed E-state index contributed by atoms with van der Waals surface area (Å²) < 4.78 is 5.58. The van der Waals surface area contributed by atoms with E-state index in [-0.39, 0.29) is 18.1 Å². The van der Waals surface area contributed by atoms with Crippen molar-refractivity contribution in [1.82, 2.24) is 4.90 Å². The van der Waals surface area contributed by atoms with Gasteiger partial charge in [-0.25, -0.2) is 0 Å². The summed E-state index contributed by atoms with van der Waals surface area (Å²) in [5.74, 6) is 0.570. The maximum atomic E-state index is 12.2.